The van der Waals surface area contributed by atoms with Crippen LogP contribution >= 0.6 is 11.3 Å². The number of nitrogens with zero attached hydrogens (tertiary/aromatic N) is 1. The Balaban J connectivity index is 2.04. The van der Waals surface area contributed by atoms with Gasteiger partial charge in [-0.25, -0.2) is 4.98 Å². The van der Waals surface area contributed by atoms with Gasteiger partial charge in [-0.1, -0.05) is 32.9 Å². The number of anilines is 1. The van der Waals surface area contributed by atoms with Gasteiger partial charge < -0.3 is 10.1 Å². The molecule has 0 saturated carbocycles. The molecule has 0 fully saturated rings. The SMILES string of the molecule is CCOc1ccccc1NCc1cnc(C(C)(C)C)s1. The molecule has 1 aromatic heterocycles. The molecule has 0 spiro atoms. The maximum Gasteiger partial charge on any atom is 0.142 e. The van der Waals surface area contributed by atoms with Crippen molar-refractivity contribution in [3.8, 4) is 5.75 Å². The van der Waals surface area contributed by atoms with E-state index in [0.717, 1.165) is 18.0 Å². The highest BCUT2D eigenvalue weighted by Gasteiger charge is 2.17. The van der Waals surface area contributed by atoms with Crippen LogP contribution in [0.3, 0.4) is 0 Å². The Labute approximate surface area is 125 Å². The summed E-state index contributed by atoms with van der Waals surface area (Å²) in [4.78, 5) is 5.74. The molecule has 20 heavy (non-hydrogen) atoms. The van der Waals surface area contributed by atoms with Crippen molar-refractivity contribution in [3.63, 3.8) is 0 Å². The van der Waals surface area contributed by atoms with Crippen LogP contribution in [0, 0.1) is 0 Å². The zero-order valence-corrected chi connectivity index (χ0v) is 13.4. The quantitative estimate of drug-likeness (QED) is 0.883. The highest BCUT2D eigenvalue weighted by Crippen LogP contribution is 2.28. The van der Waals surface area contributed by atoms with Crippen molar-refractivity contribution in [2.45, 2.75) is 39.7 Å². The van der Waals surface area contributed by atoms with Crippen LogP contribution in [0.15, 0.2) is 30.5 Å². The van der Waals surface area contributed by atoms with Crippen LogP contribution in [-0.4, -0.2) is 11.6 Å². The first-order chi connectivity index (χ1) is 9.50. The van der Waals surface area contributed by atoms with Crippen LogP contribution in [0.2, 0.25) is 0 Å². The fourth-order valence-corrected chi connectivity index (χ4v) is 2.72. The number of rotatable bonds is 5. The molecule has 0 unspecified atom stereocenters. The predicted molar refractivity (Wildman–Crippen MR) is 85.8 cm³/mol. The third-order valence-corrected chi connectivity index (χ3v) is 4.26. The van der Waals surface area contributed by atoms with E-state index in [1.165, 1.54) is 9.88 Å². The van der Waals surface area contributed by atoms with Crippen LogP contribution in [0.1, 0.15) is 37.6 Å². The summed E-state index contributed by atoms with van der Waals surface area (Å²) in [7, 11) is 0. The largest absolute Gasteiger partial charge is 0.492 e. The molecule has 1 N–H and O–H groups in total. The number of ether oxygens (including phenoxy) is 1. The first-order valence-electron chi connectivity index (χ1n) is 6.91. The van der Waals surface area contributed by atoms with Crippen molar-refractivity contribution >= 4 is 17.0 Å². The van der Waals surface area contributed by atoms with Crippen molar-refractivity contribution in [1.82, 2.24) is 4.98 Å². The average molecular weight is 290 g/mol. The Morgan fingerprint density at radius 3 is 2.65 bits per heavy atom. The Kier molecular flexibility index (Phi) is 4.65. The number of hydrogen-bond donors (Lipinski definition) is 1. The number of aromatic nitrogens is 1. The van der Waals surface area contributed by atoms with Crippen molar-refractivity contribution in [1.29, 1.82) is 0 Å². The molecule has 4 heteroatoms. The van der Waals surface area contributed by atoms with Gasteiger partial charge in [0.25, 0.3) is 0 Å². The molecule has 108 valence electrons. The lowest BCUT2D eigenvalue weighted by Crippen LogP contribution is -2.09. The van der Waals surface area contributed by atoms with Gasteiger partial charge in [-0.2, -0.15) is 0 Å². The van der Waals surface area contributed by atoms with Crippen molar-refractivity contribution in [2.75, 3.05) is 11.9 Å². The molecule has 2 aromatic rings. The van der Waals surface area contributed by atoms with E-state index in [9.17, 15) is 0 Å². The lowest BCUT2D eigenvalue weighted by molar-refractivity contribution is 0.341. The summed E-state index contributed by atoms with van der Waals surface area (Å²) < 4.78 is 5.61. The monoisotopic (exact) mass is 290 g/mol. The van der Waals surface area contributed by atoms with Crippen LogP contribution < -0.4 is 10.1 Å². The van der Waals surface area contributed by atoms with Gasteiger partial charge in [0.05, 0.1) is 23.8 Å². The lowest BCUT2D eigenvalue weighted by Gasteiger charge is -2.13. The summed E-state index contributed by atoms with van der Waals surface area (Å²) in [5.74, 6) is 0.899. The van der Waals surface area contributed by atoms with Crippen LogP contribution in [0.25, 0.3) is 0 Å². The molecule has 0 radical (unpaired) electrons. The predicted octanol–water partition coefficient (Wildman–Crippen LogP) is 4.45. The summed E-state index contributed by atoms with van der Waals surface area (Å²) >= 11 is 1.76. The molecule has 0 saturated heterocycles. The minimum atomic E-state index is 0.117. The minimum absolute atomic E-state index is 0.117. The number of benzene rings is 1. The van der Waals surface area contributed by atoms with E-state index < -0.39 is 0 Å². The second kappa shape index (κ2) is 6.27. The van der Waals surface area contributed by atoms with Crippen LogP contribution in [0.5, 0.6) is 5.75 Å². The topological polar surface area (TPSA) is 34.1 Å². The molecular formula is C16H22N2OS. The summed E-state index contributed by atoms with van der Waals surface area (Å²) in [6.45, 7) is 10.0. The second-order valence-electron chi connectivity index (χ2n) is 5.66. The smallest absolute Gasteiger partial charge is 0.142 e. The molecule has 0 bridgehead atoms. The average Bonchev–Trinajstić information content (AvgIpc) is 2.87. The van der Waals surface area contributed by atoms with Crippen LogP contribution in [0.4, 0.5) is 5.69 Å². The zero-order valence-electron chi connectivity index (χ0n) is 12.6. The first-order valence-corrected chi connectivity index (χ1v) is 7.73. The fraction of sp³-hybridized carbons (Fsp3) is 0.438. The third-order valence-electron chi connectivity index (χ3n) is 2.84. The van der Waals surface area contributed by atoms with Gasteiger partial charge in [0.15, 0.2) is 0 Å². The first kappa shape index (κ1) is 14.9. The van der Waals surface area contributed by atoms with E-state index in [2.05, 4.69) is 31.1 Å². The van der Waals surface area contributed by atoms with Gasteiger partial charge in [0.1, 0.15) is 5.75 Å². The molecule has 0 amide bonds. The maximum absolute atomic E-state index is 5.61. The standard InChI is InChI=1S/C16H22N2OS/c1-5-19-14-9-7-6-8-13(14)17-10-12-11-18-15(20-12)16(2,3)4/h6-9,11,17H,5,10H2,1-4H3. The summed E-state index contributed by atoms with van der Waals surface area (Å²) in [5, 5.41) is 4.60. The molecule has 0 aliphatic heterocycles. The van der Waals surface area contributed by atoms with Crippen molar-refractivity contribution < 1.29 is 4.74 Å². The Morgan fingerprint density at radius 1 is 1.25 bits per heavy atom. The van der Waals surface area contributed by atoms with Gasteiger partial charge in [0.2, 0.25) is 0 Å². The molecule has 0 atom stereocenters. The van der Waals surface area contributed by atoms with Gasteiger partial charge >= 0.3 is 0 Å². The second-order valence-corrected chi connectivity index (χ2v) is 6.78. The molecular weight excluding hydrogens is 268 g/mol. The summed E-state index contributed by atoms with van der Waals surface area (Å²) in [6.07, 6.45) is 1.96. The molecule has 1 aromatic carbocycles. The molecule has 0 aliphatic carbocycles. The van der Waals surface area contributed by atoms with E-state index >= 15 is 0 Å². The molecule has 0 aliphatic rings. The number of hydrogen-bond acceptors (Lipinski definition) is 4. The Morgan fingerprint density at radius 2 is 2.00 bits per heavy atom. The Hall–Kier alpha value is -1.55. The molecule has 1 heterocycles. The van der Waals surface area contributed by atoms with Gasteiger partial charge in [-0.3, -0.25) is 0 Å². The maximum atomic E-state index is 5.61. The van der Waals surface area contributed by atoms with E-state index in [1.807, 2.05) is 37.4 Å². The fourth-order valence-electron chi connectivity index (χ4n) is 1.81. The normalized spacial score (nSPS) is 11.4. The van der Waals surface area contributed by atoms with E-state index in [4.69, 9.17) is 4.74 Å². The van der Waals surface area contributed by atoms with Gasteiger partial charge in [-0.15, -0.1) is 11.3 Å². The lowest BCUT2D eigenvalue weighted by atomic mass is 9.98. The van der Waals surface area contributed by atoms with Gasteiger partial charge in [-0.05, 0) is 19.1 Å². The number of para-hydroxylation sites is 2. The van der Waals surface area contributed by atoms with E-state index in [0.29, 0.717) is 6.61 Å². The Bertz CT molecular complexity index is 558. The zero-order chi connectivity index (χ0) is 14.6. The van der Waals surface area contributed by atoms with Gasteiger partial charge in [0, 0.05) is 16.5 Å². The highest BCUT2D eigenvalue weighted by atomic mass is 32.1. The van der Waals surface area contributed by atoms with E-state index in [1.54, 1.807) is 11.3 Å². The molecule has 3 nitrogen and oxygen atoms in total. The third kappa shape index (κ3) is 3.73. The molecule has 2 rings (SSSR count). The van der Waals surface area contributed by atoms with Crippen molar-refractivity contribution in [2.24, 2.45) is 0 Å². The number of nitrogens with one attached hydrogen (secondary N) is 1. The summed E-state index contributed by atoms with van der Waals surface area (Å²) in [6, 6.07) is 8.02. The van der Waals surface area contributed by atoms with E-state index in [-0.39, 0.29) is 5.41 Å². The van der Waals surface area contributed by atoms with Crippen molar-refractivity contribution in [3.05, 3.63) is 40.3 Å². The number of thiazole rings is 1. The highest BCUT2D eigenvalue weighted by molar-refractivity contribution is 7.11. The summed E-state index contributed by atoms with van der Waals surface area (Å²) in [5.41, 5.74) is 1.15. The minimum Gasteiger partial charge on any atom is -0.492 e. The van der Waals surface area contributed by atoms with Crippen LogP contribution in [-0.2, 0) is 12.0 Å².